The molecule has 1 fully saturated rings. The van der Waals surface area contributed by atoms with Crippen LogP contribution in [0.5, 0.6) is 0 Å². The lowest BCUT2D eigenvalue weighted by Gasteiger charge is -2.40. The van der Waals surface area contributed by atoms with Gasteiger partial charge in [0, 0.05) is 36.9 Å². The number of carbonyl (C=O) groups excluding carboxylic acids is 2. The predicted octanol–water partition coefficient (Wildman–Crippen LogP) is 4.03. The average molecular weight is 392 g/mol. The Kier molecular flexibility index (Phi) is 4.95. The number of fused-ring (bicyclic) bond motifs is 2. The quantitative estimate of drug-likeness (QED) is 0.839. The number of hydrogen-bond acceptors (Lipinski definition) is 3. The molecule has 1 unspecified atom stereocenters. The van der Waals surface area contributed by atoms with Gasteiger partial charge in [-0.1, -0.05) is 35.9 Å². The van der Waals surface area contributed by atoms with E-state index in [-0.39, 0.29) is 11.8 Å². The fraction of sp³-hybridized carbons (Fsp3) is 0.417. The molecule has 2 aromatic carbocycles. The van der Waals surface area contributed by atoms with E-state index in [4.69, 9.17) is 4.74 Å². The van der Waals surface area contributed by atoms with Crippen molar-refractivity contribution in [3.63, 3.8) is 0 Å². The maximum Gasteiger partial charge on any atom is 0.248 e. The summed E-state index contributed by atoms with van der Waals surface area (Å²) in [5, 5.41) is 3.15. The van der Waals surface area contributed by atoms with Crippen molar-refractivity contribution in [1.29, 1.82) is 0 Å². The third-order valence-corrected chi connectivity index (χ3v) is 6.43. The monoisotopic (exact) mass is 392 g/mol. The van der Waals surface area contributed by atoms with Gasteiger partial charge in [-0.05, 0) is 56.4 Å². The van der Waals surface area contributed by atoms with Gasteiger partial charge in [0.25, 0.3) is 0 Å². The number of benzene rings is 2. The molecule has 2 amide bonds. The minimum atomic E-state index is -0.584. The summed E-state index contributed by atoms with van der Waals surface area (Å²) in [6.45, 7) is 8.75. The van der Waals surface area contributed by atoms with E-state index in [1.807, 2.05) is 44.2 Å². The van der Waals surface area contributed by atoms with E-state index >= 15 is 0 Å². The molecule has 0 aliphatic carbocycles. The number of nitrogens with one attached hydrogen (secondary N) is 1. The highest BCUT2D eigenvalue weighted by Gasteiger charge is 2.56. The van der Waals surface area contributed by atoms with Gasteiger partial charge < -0.3 is 10.1 Å². The minimum absolute atomic E-state index is 0.111. The molecule has 1 N–H and O–H groups in total. The molecular weight excluding hydrogens is 364 g/mol. The second-order valence-corrected chi connectivity index (χ2v) is 8.34. The van der Waals surface area contributed by atoms with Gasteiger partial charge in [-0.15, -0.1) is 0 Å². The molecule has 1 atom stereocenters. The standard InChI is InChI=1S/C24H28N2O3/c1-15-8-9-20-19(14-15)24(10-12-29-13-11-24)22(26(20)18(4)27)23(28)25-21-16(2)6-5-7-17(21)3/h5-9,14,22H,10-13H2,1-4H3,(H,25,28). The van der Waals surface area contributed by atoms with Crippen molar-refractivity contribution in [2.75, 3.05) is 23.4 Å². The van der Waals surface area contributed by atoms with Crippen LogP contribution in [0.25, 0.3) is 0 Å². The van der Waals surface area contributed by atoms with Crippen molar-refractivity contribution >= 4 is 23.2 Å². The molecule has 2 aliphatic heterocycles. The summed E-state index contributed by atoms with van der Waals surface area (Å²) in [6.07, 6.45) is 1.44. The molecule has 152 valence electrons. The van der Waals surface area contributed by atoms with E-state index in [9.17, 15) is 9.59 Å². The van der Waals surface area contributed by atoms with Crippen LogP contribution in [0, 0.1) is 20.8 Å². The number of para-hydroxylation sites is 1. The lowest BCUT2D eigenvalue weighted by atomic mass is 9.70. The Balaban J connectivity index is 1.83. The van der Waals surface area contributed by atoms with Gasteiger partial charge in [0.15, 0.2) is 0 Å². The summed E-state index contributed by atoms with van der Waals surface area (Å²) in [7, 11) is 0. The SMILES string of the molecule is CC(=O)N1c2ccc(C)cc2C2(CCOCC2)C1C(=O)Nc1c(C)cccc1C. The zero-order chi connectivity index (χ0) is 20.8. The van der Waals surface area contributed by atoms with E-state index in [2.05, 4.69) is 18.3 Å². The summed E-state index contributed by atoms with van der Waals surface area (Å²) in [5.41, 5.74) is 5.51. The molecule has 0 radical (unpaired) electrons. The van der Waals surface area contributed by atoms with Gasteiger partial charge in [-0.2, -0.15) is 0 Å². The first kappa shape index (κ1) is 19.6. The summed E-state index contributed by atoms with van der Waals surface area (Å²) in [4.78, 5) is 28.1. The lowest BCUT2D eigenvalue weighted by molar-refractivity contribution is -0.124. The largest absolute Gasteiger partial charge is 0.381 e. The van der Waals surface area contributed by atoms with Crippen LogP contribution in [0.1, 0.15) is 42.0 Å². The van der Waals surface area contributed by atoms with Gasteiger partial charge in [0.05, 0.1) is 0 Å². The van der Waals surface area contributed by atoms with Crippen molar-refractivity contribution in [1.82, 2.24) is 0 Å². The van der Waals surface area contributed by atoms with Gasteiger partial charge in [-0.25, -0.2) is 0 Å². The zero-order valence-electron chi connectivity index (χ0n) is 17.5. The van der Waals surface area contributed by atoms with Gasteiger partial charge in [-0.3, -0.25) is 14.5 Å². The molecule has 2 aromatic rings. The van der Waals surface area contributed by atoms with Gasteiger partial charge in [0.1, 0.15) is 6.04 Å². The van der Waals surface area contributed by atoms with Crippen LogP contribution < -0.4 is 10.2 Å². The number of anilines is 2. The third kappa shape index (κ3) is 3.14. The summed E-state index contributed by atoms with van der Waals surface area (Å²) in [6, 6.07) is 11.5. The Morgan fingerprint density at radius 2 is 1.72 bits per heavy atom. The number of aryl methyl sites for hydroxylation is 3. The van der Waals surface area contributed by atoms with E-state index in [1.165, 1.54) is 0 Å². The molecular formula is C24H28N2O3. The average Bonchev–Trinajstić information content (AvgIpc) is 2.95. The molecule has 0 bridgehead atoms. The molecule has 2 aliphatic rings. The first-order chi connectivity index (χ1) is 13.8. The van der Waals surface area contributed by atoms with E-state index in [0.29, 0.717) is 13.2 Å². The normalized spacial score (nSPS) is 19.9. The highest BCUT2D eigenvalue weighted by Crippen LogP contribution is 2.51. The van der Waals surface area contributed by atoms with Crippen LogP contribution in [-0.2, 0) is 19.7 Å². The second kappa shape index (κ2) is 7.30. The molecule has 2 heterocycles. The van der Waals surface area contributed by atoms with E-state index < -0.39 is 11.5 Å². The Hall–Kier alpha value is -2.66. The first-order valence-corrected chi connectivity index (χ1v) is 10.2. The Morgan fingerprint density at radius 3 is 2.34 bits per heavy atom. The van der Waals surface area contributed by atoms with Crippen LogP contribution in [0.4, 0.5) is 11.4 Å². The number of nitrogens with zero attached hydrogens (tertiary/aromatic N) is 1. The molecule has 0 saturated carbocycles. The fourth-order valence-electron chi connectivity index (χ4n) is 4.99. The van der Waals surface area contributed by atoms with Crippen LogP contribution in [0.2, 0.25) is 0 Å². The molecule has 29 heavy (non-hydrogen) atoms. The molecule has 1 saturated heterocycles. The number of carbonyl (C=O) groups is 2. The maximum atomic E-state index is 13.7. The second-order valence-electron chi connectivity index (χ2n) is 8.34. The number of amides is 2. The summed E-state index contributed by atoms with van der Waals surface area (Å²) in [5.74, 6) is -0.242. The Labute approximate surface area is 172 Å². The Morgan fingerprint density at radius 1 is 1.07 bits per heavy atom. The Bertz CT molecular complexity index is 956. The van der Waals surface area contributed by atoms with Crippen molar-refractivity contribution in [2.24, 2.45) is 0 Å². The minimum Gasteiger partial charge on any atom is -0.381 e. The van der Waals surface area contributed by atoms with Crippen molar-refractivity contribution < 1.29 is 14.3 Å². The molecule has 4 rings (SSSR count). The van der Waals surface area contributed by atoms with Crippen molar-refractivity contribution in [3.8, 4) is 0 Å². The van der Waals surface area contributed by atoms with Crippen molar-refractivity contribution in [3.05, 3.63) is 58.7 Å². The highest BCUT2D eigenvalue weighted by molar-refractivity contribution is 6.08. The fourth-order valence-corrected chi connectivity index (χ4v) is 4.99. The summed E-state index contributed by atoms with van der Waals surface area (Å²) < 4.78 is 5.65. The summed E-state index contributed by atoms with van der Waals surface area (Å²) >= 11 is 0. The molecule has 0 aromatic heterocycles. The van der Waals surface area contributed by atoms with E-state index in [0.717, 1.165) is 46.5 Å². The van der Waals surface area contributed by atoms with Crippen LogP contribution >= 0.6 is 0 Å². The highest BCUT2D eigenvalue weighted by atomic mass is 16.5. The lowest BCUT2D eigenvalue weighted by Crippen LogP contribution is -2.55. The molecule has 5 nitrogen and oxygen atoms in total. The van der Waals surface area contributed by atoms with Crippen LogP contribution in [0.3, 0.4) is 0 Å². The van der Waals surface area contributed by atoms with Crippen LogP contribution in [0.15, 0.2) is 36.4 Å². The maximum absolute atomic E-state index is 13.7. The molecule has 5 heteroatoms. The van der Waals surface area contributed by atoms with Crippen LogP contribution in [-0.4, -0.2) is 31.1 Å². The predicted molar refractivity (Wildman–Crippen MR) is 114 cm³/mol. The number of hydrogen-bond donors (Lipinski definition) is 1. The van der Waals surface area contributed by atoms with E-state index in [1.54, 1.807) is 11.8 Å². The molecule has 1 spiro atoms. The number of ether oxygens (including phenoxy) is 1. The topological polar surface area (TPSA) is 58.6 Å². The van der Waals surface area contributed by atoms with Crippen molar-refractivity contribution in [2.45, 2.75) is 52.0 Å². The third-order valence-electron chi connectivity index (χ3n) is 6.43. The van der Waals surface area contributed by atoms with Gasteiger partial charge in [0.2, 0.25) is 11.8 Å². The smallest absolute Gasteiger partial charge is 0.248 e. The van der Waals surface area contributed by atoms with Gasteiger partial charge >= 0.3 is 0 Å². The first-order valence-electron chi connectivity index (χ1n) is 10.2. The number of rotatable bonds is 2. The zero-order valence-corrected chi connectivity index (χ0v) is 17.5.